The smallest absolute Gasteiger partial charge is 0.370 e. The first-order valence-corrected chi connectivity index (χ1v) is 5.18. The lowest BCUT2D eigenvalue weighted by molar-refractivity contribution is -0.146. The van der Waals surface area contributed by atoms with Gasteiger partial charge in [-0.1, -0.05) is 30.3 Å². The SMILES string of the molecule is CC(OCCC(F)(F)F)C(=O)c1ccccc1. The van der Waals surface area contributed by atoms with Crippen molar-refractivity contribution in [2.75, 3.05) is 6.61 Å². The molecule has 0 aromatic heterocycles. The van der Waals surface area contributed by atoms with Gasteiger partial charge in [0.05, 0.1) is 13.0 Å². The lowest BCUT2D eigenvalue weighted by Crippen LogP contribution is -2.23. The van der Waals surface area contributed by atoms with Gasteiger partial charge in [0.2, 0.25) is 0 Å². The van der Waals surface area contributed by atoms with Crippen molar-refractivity contribution in [3.05, 3.63) is 35.9 Å². The Morgan fingerprint density at radius 1 is 1.29 bits per heavy atom. The van der Waals surface area contributed by atoms with Crippen LogP contribution in [0.25, 0.3) is 0 Å². The van der Waals surface area contributed by atoms with Crippen LogP contribution in [0.3, 0.4) is 0 Å². The number of hydrogen-bond donors (Lipinski definition) is 0. The van der Waals surface area contributed by atoms with Crippen LogP contribution in [0.4, 0.5) is 13.2 Å². The van der Waals surface area contributed by atoms with Crippen molar-refractivity contribution >= 4 is 5.78 Å². The number of hydrogen-bond acceptors (Lipinski definition) is 2. The molecule has 0 aliphatic heterocycles. The Morgan fingerprint density at radius 3 is 2.41 bits per heavy atom. The molecule has 1 unspecified atom stereocenters. The average Bonchev–Trinajstić information content (AvgIpc) is 2.27. The Hall–Kier alpha value is -1.36. The fraction of sp³-hybridized carbons (Fsp3) is 0.417. The minimum absolute atomic E-state index is 0.312. The van der Waals surface area contributed by atoms with Crippen molar-refractivity contribution in [2.24, 2.45) is 0 Å². The number of halogens is 3. The zero-order valence-corrected chi connectivity index (χ0v) is 9.33. The Balaban J connectivity index is 2.43. The number of benzene rings is 1. The van der Waals surface area contributed by atoms with Crippen LogP contribution in [0.5, 0.6) is 0 Å². The second kappa shape index (κ2) is 5.82. The molecule has 17 heavy (non-hydrogen) atoms. The average molecular weight is 246 g/mol. The van der Waals surface area contributed by atoms with Crippen molar-refractivity contribution in [1.29, 1.82) is 0 Å². The summed E-state index contributed by atoms with van der Waals surface area (Å²) < 4.78 is 40.5. The molecule has 0 saturated carbocycles. The van der Waals surface area contributed by atoms with E-state index in [9.17, 15) is 18.0 Å². The molecule has 0 fully saturated rings. The molecule has 1 aromatic rings. The monoisotopic (exact) mass is 246 g/mol. The summed E-state index contributed by atoms with van der Waals surface area (Å²) in [5.41, 5.74) is 0.437. The van der Waals surface area contributed by atoms with Crippen molar-refractivity contribution in [2.45, 2.75) is 25.6 Å². The first-order chi connectivity index (χ1) is 7.90. The number of carbonyl (C=O) groups excluding carboxylic acids is 1. The zero-order chi connectivity index (χ0) is 12.9. The first-order valence-electron chi connectivity index (χ1n) is 5.18. The van der Waals surface area contributed by atoms with Crippen LogP contribution in [0.15, 0.2) is 30.3 Å². The number of ketones is 1. The number of carbonyl (C=O) groups is 1. The van der Waals surface area contributed by atoms with E-state index < -0.39 is 25.3 Å². The topological polar surface area (TPSA) is 26.3 Å². The van der Waals surface area contributed by atoms with Crippen LogP contribution in [-0.4, -0.2) is 24.7 Å². The summed E-state index contributed by atoms with van der Waals surface area (Å²) in [5, 5.41) is 0. The molecule has 0 heterocycles. The highest BCUT2D eigenvalue weighted by molar-refractivity contribution is 5.99. The van der Waals surface area contributed by atoms with Gasteiger partial charge in [0.15, 0.2) is 5.78 Å². The summed E-state index contributed by atoms with van der Waals surface area (Å²) >= 11 is 0. The van der Waals surface area contributed by atoms with E-state index in [2.05, 4.69) is 0 Å². The number of ether oxygens (including phenoxy) is 1. The molecule has 1 aromatic carbocycles. The maximum Gasteiger partial charge on any atom is 0.391 e. The van der Waals surface area contributed by atoms with Gasteiger partial charge in [0.25, 0.3) is 0 Å². The van der Waals surface area contributed by atoms with E-state index in [-0.39, 0.29) is 5.78 Å². The maximum atomic E-state index is 11.9. The number of rotatable bonds is 5. The molecule has 1 atom stereocenters. The van der Waals surface area contributed by atoms with Gasteiger partial charge in [-0.3, -0.25) is 4.79 Å². The van der Waals surface area contributed by atoms with Crippen LogP contribution in [-0.2, 0) is 4.74 Å². The van der Waals surface area contributed by atoms with E-state index in [0.29, 0.717) is 5.56 Å². The molecule has 0 N–H and O–H groups in total. The minimum atomic E-state index is -4.25. The molecule has 0 saturated heterocycles. The third-order valence-corrected chi connectivity index (χ3v) is 2.18. The predicted molar refractivity (Wildman–Crippen MR) is 56.9 cm³/mol. The molecule has 2 nitrogen and oxygen atoms in total. The summed E-state index contributed by atoms with van der Waals surface area (Å²) in [7, 11) is 0. The summed E-state index contributed by atoms with van der Waals surface area (Å²) in [4.78, 5) is 11.7. The van der Waals surface area contributed by atoms with Crippen LogP contribution < -0.4 is 0 Å². The molecule has 0 amide bonds. The molecule has 1 rings (SSSR count). The molecule has 0 bridgehead atoms. The third kappa shape index (κ3) is 4.99. The molecule has 0 aliphatic carbocycles. The lowest BCUT2D eigenvalue weighted by Gasteiger charge is -2.13. The molecule has 0 spiro atoms. The first kappa shape index (κ1) is 13.7. The zero-order valence-electron chi connectivity index (χ0n) is 9.33. The fourth-order valence-corrected chi connectivity index (χ4v) is 1.26. The summed E-state index contributed by atoms with van der Waals surface area (Å²) in [6, 6.07) is 8.34. The second-order valence-electron chi connectivity index (χ2n) is 3.61. The quantitative estimate of drug-likeness (QED) is 0.745. The van der Waals surface area contributed by atoms with Crippen LogP contribution in [0.2, 0.25) is 0 Å². The predicted octanol–water partition coefficient (Wildman–Crippen LogP) is 3.23. The van der Waals surface area contributed by atoms with Crippen LogP contribution in [0.1, 0.15) is 23.7 Å². The van der Waals surface area contributed by atoms with Gasteiger partial charge in [-0.2, -0.15) is 13.2 Å². The van der Waals surface area contributed by atoms with Crippen molar-refractivity contribution < 1.29 is 22.7 Å². The molecule has 0 radical (unpaired) electrons. The number of Topliss-reactive ketones (excluding diaryl/α,β-unsaturated/α-hetero) is 1. The Labute approximate surface area is 97.4 Å². The van der Waals surface area contributed by atoms with Gasteiger partial charge in [0, 0.05) is 5.56 Å². The van der Waals surface area contributed by atoms with Gasteiger partial charge in [-0.25, -0.2) is 0 Å². The van der Waals surface area contributed by atoms with Gasteiger partial charge in [-0.05, 0) is 6.92 Å². The summed E-state index contributed by atoms with van der Waals surface area (Å²) in [6.45, 7) is 0.953. The maximum absolute atomic E-state index is 11.9. The van der Waals surface area contributed by atoms with Crippen LogP contribution >= 0.6 is 0 Å². The molecular formula is C12H13F3O2. The second-order valence-corrected chi connectivity index (χ2v) is 3.61. The van der Waals surface area contributed by atoms with E-state index >= 15 is 0 Å². The summed E-state index contributed by atoms with van der Waals surface area (Å²) in [6.07, 6.45) is -6.16. The van der Waals surface area contributed by atoms with Gasteiger partial charge >= 0.3 is 6.18 Å². The van der Waals surface area contributed by atoms with Gasteiger partial charge in [0.1, 0.15) is 6.10 Å². The Bertz CT molecular complexity index is 360. The Morgan fingerprint density at radius 2 is 1.88 bits per heavy atom. The highest BCUT2D eigenvalue weighted by Gasteiger charge is 2.27. The molecule has 5 heteroatoms. The molecular weight excluding hydrogens is 233 g/mol. The number of alkyl halides is 3. The van der Waals surface area contributed by atoms with Crippen molar-refractivity contribution in [3.8, 4) is 0 Å². The molecule has 94 valence electrons. The van der Waals surface area contributed by atoms with E-state index in [1.54, 1.807) is 30.3 Å². The normalized spacial score (nSPS) is 13.4. The standard InChI is InChI=1S/C12H13F3O2/c1-9(17-8-7-12(13,14)15)11(16)10-5-3-2-4-6-10/h2-6,9H,7-8H2,1H3. The van der Waals surface area contributed by atoms with E-state index in [0.717, 1.165) is 0 Å². The highest BCUT2D eigenvalue weighted by atomic mass is 19.4. The van der Waals surface area contributed by atoms with Gasteiger partial charge in [-0.15, -0.1) is 0 Å². The van der Waals surface area contributed by atoms with E-state index in [1.807, 2.05) is 0 Å². The van der Waals surface area contributed by atoms with Crippen LogP contribution in [0, 0.1) is 0 Å². The third-order valence-electron chi connectivity index (χ3n) is 2.18. The van der Waals surface area contributed by atoms with Gasteiger partial charge < -0.3 is 4.74 Å². The summed E-state index contributed by atoms with van der Waals surface area (Å²) in [5.74, 6) is -0.312. The highest BCUT2D eigenvalue weighted by Crippen LogP contribution is 2.19. The minimum Gasteiger partial charge on any atom is -0.370 e. The van der Waals surface area contributed by atoms with Crippen molar-refractivity contribution in [1.82, 2.24) is 0 Å². The molecule has 0 aliphatic rings. The fourth-order valence-electron chi connectivity index (χ4n) is 1.26. The lowest BCUT2D eigenvalue weighted by atomic mass is 10.1. The van der Waals surface area contributed by atoms with Crippen molar-refractivity contribution in [3.63, 3.8) is 0 Å². The Kier molecular flexibility index (Phi) is 4.69. The largest absolute Gasteiger partial charge is 0.391 e. The van der Waals surface area contributed by atoms with E-state index in [1.165, 1.54) is 6.92 Å². The van der Waals surface area contributed by atoms with E-state index in [4.69, 9.17) is 4.74 Å².